The van der Waals surface area contributed by atoms with Crippen LogP contribution in [0.3, 0.4) is 0 Å². The molecule has 0 aromatic heterocycles. The number of nitrogens with zero attached hydrogens (tertiary/aromatic N) is 1. The highest BCUT2D eigenvalue weighted by atomic mass is 16.5. The van der Waals surface area contributed by atoms with Crippen LogP contribution >= 0.6 is 0 Å². The van der Waals surface area contributed by atoms with E-state index in [1.54, 1.807) is 0 Å². The van der Waals surface area contributed by atoms with E-state index in [0.29, 0.717) is 19.3 Å². The molecule has 3 unspecified atom stereocenters. The van der Waals surface area contributed by atoms with Crippen LogP contribution in [0.5, 0.6) is 0 Å². The molecule has 2 fully saturated rings. The fourth-order valence-electron chi connectivity index (χ4n) is 2.31. The van der Waals surface area contributed by atoms with Crippen molar-refractivity contribution in [3.63, 3.8) is 0 Å². The number of likely N-dealkylation sites (N-methyl/N-ethyl adjacent to an activating group) is 1. The zero-order valence-corrected chi connectivity index (χ0v) is 9.15. The highest BCUT2D eigenvalue weighted by molar-refractivity contribution is 4.89. The normalized spacial score (nSPS) is 36.0. The van der Waals surface area contributed by atoms with E-state index in [-0.39, 0.29) is 12.1 Å². The van der Waals surface area contributed by atoms with Gasteiger partial charge in [-0.15, -0.1) is 0 Å². The van der Waals surface area contributed by atoms with Gasteiger partial charge < -0.3 is 9.84 Å². The van der Waals surface area contributed by atoms with Gasteiger partial charge in [-0.1, -0.05) is 0 Å². The number of hydrogen-bond acceptors (Lipinski definition) is 3. The molecule has 0 bridgehead atoms. The fourth-order valence-corrected chi connectivity index (χ4v) is 2.31. The van der Waals surface area contributed by atoms with Gasteiger partial charge in [0.25, 0.3) is 0 Å². The first-order valence-electron chi connectivity index (χ1n) is 5.68. The largest absolute Gasteiger partial charge is 0.391 e. The van der Waals surface area contributed by atoms with Crippen molar-refractivity contribution in [2.24, 2.45) is 5.92 Å². The van der Waals surface area contributed by atoms with Crippen molar-refractivity contribution in [3.8, 4) is 0 Å². The molecule has 1 heterocycles. The third-order valence-electron chi connectivity index (χ3n) is 3.76. The summed E-state index contributed by atoms with van der Waals surface area (Å²) in [5.41, 5.74) is 0. The average molecular weight is 199 g/mol. The molecule has 0 radical (unpaired) electrons. The van der Waals surface area contributed by atoms with E-state index in [4.69, 9.17) is 4.74 Å². The van der Waals surface area contributed by atoms with E-state index in [1.165, 1.54) is 12.8 Å². The zero-order valence-electron chi connectivity index (χ0n) is 9.15. The molecule has 0 aromatic rings. The summed E-state index contributed by atoms with van der Waals surface area (Å²) in [6.07, 6.45) is 3.30. The number of rotatable bonds is 3. The second-order valence-electron chi connectivity index (χ2n) is 4.74. The molecule has 1 aliphatic carbocycles. The van der Waals surface area contributed by atoms with E-state index < -0.39 is 0 Å². The highest BCUT2D eigenvalue weighted by Crippen LogP contribution is 2.35. The van der Waals surface area contributed by atoms with Crippen LogP contribution < -0.4 is 0 Å². The molecule has 1 saturated heterocycles. The minimum atomic E-state index is -0.199. The Hall–Kier alpha value is -0.120. The summed E-state index contributed by atoms with van der Waals surface area (Å²) in [4.78, 5) is 2.31. The molecular weight excluding hydrogens is 178 g/mol. The fraction of sp³-hybridized carbons (Fsp3) is 1.00. The van der Waals surface area contributed by atoms with Crippen molar-refractivity contribution in [2.45, 2.75) is 44.4 Å². The van der Waals surface area contributed by atoms with Gasteiger partial charge in [-0.3, -0.25) is 4.90 Å². The van der Waals surface area contributed by atoms with Crippen LogP contribution in [0.15, 0.2) is 0 Å². The van der Waals surface area contributed by atoms with Gasteiger partial charge in [0, 0.05) is 12.6 Å². The number of aliphatic hydroxyl groups is 1. The SMILES string of the molecule is CC(C1CC1)N(C)C1COCCC1O. The molecule has 1 aliphatic heterocycles. The van der Waals surface area contributed by atoms with Crippen LogP contribution in [0.25, 0.3) is 0 Å². The molecule has 1 saturated carbocycles. The van der Waals surface area contributed by atoms with Crippen molar-refractivity contribution in [2.75, 3.05) is 20.3 Å². The summed E-state index contributed by atoms with van der Waals surface area (Å²) in [7, 11) is 2.12. The van der Waals surface area contributed by atoms with Crippen molar-refractivity contribution in [3.05, 3.63) is 0 Å². The standard InChI is InChI=1S/C11H21NO2/c1-8(9-3-4-9)12(2)10-7-14-6-5-11(10)13/h8-11,13H,3-7H2,1-2H3. The second-order valence-corrected chi connectivity index (χ2v) is 4.74. The minimum Gasteiger partial charge on any atom is -0.391 e. The number of ether oxygens (including phenoxy) is 1. The Kier molecular flexibility index (Phi) is 3.10. The zero-order chi connectivity index (χ0) is 10.1. The maximum Gasteiger partial charge on any atom is 0.0739 e. The predicted molar refractivity (Wildman–Crippen MR) is 55.2 cm³/mol. The monoisotopic (exact) mass is 199 g/mol. The quantitative estimate of drug-likeness (QED) is 0.732. The van der Waals surface area contributed by atoms with Crippen molar-refractivity contribution < 1.29 is 9.84 Å². The maximum absolute atomic E-state index is 9.87. The maximum atomic E-state index is 9.87. The number of hydrogen-bond donors (Lipinski definition) is 1. The number of aliphatic hydroxyl groups excluding tert-OH is 1. The van der Waals surface area contributed by atoms with Gasteiger partial charge in [-0.25, -0.2) is 0 Å². The van der Waals surface area contributed by atoms with Gasteiger partial charge in [0.1, 0.15) is 0 Å². The second kappa shape index (κ2) is 4.17. The summed E-state index contributed by atoms with van der Waals surface area (Å²) < 4.78 is 5.42. The summed E-state index contributed by atoms with van der Waals surface area (Å²) in [6.45, 7) is 3.66. The first-order chi connectivity index (χ1) is 6.70. The molecule has 2 rings (SSSR count). The lowest BCUT2D eigenvalue weighted by atomic mass is 10.0. The van der Waals surface area contributed by atoms with Crippen LogP contribution in [-0.4, -0.2) is 48.5 Å². The average Bonchev–Trinajstić information content (AvgIpc) is 3.00. The lowest BCUT2D eigenvalue weighted by molar-refractivity contribution is -0.0653. The first kappa shape index (κ1) is 10.4. The third-order valence-corrected chi connectivity index (χ3v) is 3.76. The molecule has 0 aromatic carbocycles. The van der Waals surface area contributed by atoms with Crippen LogP contribution in [0.2, 0.25) is 0 Å². The smallest absolute Gasteiger partial charge is 0.0739 e. The van der Waals surface area contributed by atoms with Crippen molar-refractivity contribution in [1.82, 2.24) is 4.90 Å². The molecule has 0 amide bonds. The molecule has 3 heteroatoms. The lowest BCUT2D eigenvalue weighted by Crippen LogP contribution is -2.51. The van der Waals surface area contributed by atoms with Crippen LogP contribution in [0.4, 0.5) is 0 Å². The van der Waals surface area contributed by atoms with Gasteiger partial charge in [0.05, 0.1) is 18.8 Å². The molecule has 82 valence electrons. The van der Waals surface area contributed by atoms with Gasteiger partial charge in [-0.05, 0) is 39.2 Å². The molecule has 3 atom stereocenters. The Balaban J connectivity index is 1.90. The lowest BCUT2D eigenvalue weighted by Gasteiger charge is -2.38. The summed E-state index contributed by atoms with van der Waals surface area (Å²) in [6, 6.07) is 0.802. The third kappa shape index (κ3) is 2.10. The van der Waals surface area contributed by atoms with Gasteiger partial charge in [0.15, 0.2) is 0 Å². The van der Waals surface area contributed by atoms with Crippen LogP contribution in [-0.2, 0) is 4.74 Å². The molecule has 0 spiro atoms. The molecular formula is C11H21NO2. The van der Waals surface area contributed by atoms with E-state index in [2.05, 4.69) is 18.9 Å². The minimum absolute atomic E-state index is 0.199. The Labute approximate surface area is 86.0 Å². The predicted octanol–water partition coefficient (Wildman–Crippen LogP) is 0.866. The highest BCUT2D eigenvalue weighted by Gasteiger charge is 2.36. The van der Waals surface area contributed by atoms with Crippen LogP contribution in [0.1, 0.15) is 26.2 Å². The summed E-state index contributed by atoms with van der Waals surface area (Å²) in [5, 5.41) is 9.87. The van der Waals surface area contributed by atoms with Gasteiger partial charge >= 0.3 is 0 Å². The Bertz CT molecular complexity index is 194. The molecule has 3 nitrogen and oxygen atoms in total. The summed E-state index contributed by atoms with van der Waals surface area (Å²) >= 11 is 0. The van der Waals surface area contributed by atoms with Crippen molar-refractivity contribution in [1.29, 1.82) is 0 Å². The molecule has 14 heavy (non-hydrogen) atoms. The van der Waals surface area contributed by atoms with E-state index in [1.807, 2.05) is 0 Å². The van der Waals surface area contributed by atoms with E-state index >= 15 is 0 Å². The molecule has 2 aliphatic rings. The van der Waals surface area contributed by atoms with E-state index in [0.717, 1.165) is 12.3 Å². The van der Waals surface area contributed by atoms with Crippen LogP contribution in [0, 0.1) is 5.92 Å². The topological polar surface area (TPSA) is 32.7 Å². The summed E-state index contributed by atoms with van der Waals surface area (Å²) in [5.74, 6) is 0.856. The van der Waals surface area contributed by atoms with Crippen molar-refractivity contribution >= 4 is 0 Å². The Morgan fingerprint density at radius 2 is 2.07 bits per heavy atom. The van der Waals surface area contributed by atoms with Gasteiger partial charge in [-0.2, -0.15) is 0 Å². The van der Waals surface area contributed by atoms with Gasteiger partial charge in [0.2, 0.25) is 0 Å². The Morgan fingerprint density at radius 1 is 1.36 bits per heavy atom. The first-order valence-corrected chi connectivity index (χ1v) is 5.68. The Morgan fingerprint density at radius 3 is 2.64 bits per heavy atom. The van der Waals surface area contributed by atoms with E-state index in [9.17, 15) is 5.11 Å². The molecule has 1 N–H and O–H groups in total.